The fraction of sp³-hybridized carbons (Fsp3) is 0.414. The number of furan rings is 1. The number of carbonyl (C=O) groups is 2. The molecule has 2 amide bonds. The second-order valence-corrected chi connectivity index (χ2v) is 11.1. The molecule has 8 nitrogen and oxygen atoms in total. The first-order valence-electron chi connectivity index (χ1n) is 13.0. The maximum Gasteiger partial charge on any atom is 0.287 e. The summed E-state index contributed by atoms with van der Waals surface area (Å²) in [6.07, 6.45) is -0.579. The minimum atomic E-state index is -2.91. The van der Waals surface area contributed by atoms with Gasteiger partial charge in [0.25, 0.3) is 5.91 Å². The van der Waals surface area contributed by atoms with Gasteiger partial charge in [-0.15, -0.1) is 0 Å². The van der Waals surface area contributed by atoms with Crippen LogP contribution in [0.5, 0.6) is 0 Å². The van der Waals surface area contributed by atoms with E-state index in [0.29, 0.717) is 37.0 Å². The predicted octanol–water partition coefficient (Wildman–Crippen LogP) is 4.13. The van der Waals surface area contributed by atoms with Crippen LogP contribution in [0.4, 0.5) is 8.78 Å². The zero-order chi connectivity index (χ0) is 27.5. The van der Waals surface area contributed by atoms with Gasteiger partial charge in [0, 0.05) is 18.2 Å². The fourth-order valence-corrected chi connectivity index (χ4v) is 5.26. The monoisotopic (exact) mass is 534 g/mol. The molecule has 6 rings (SSSR count). The molecule has 1 saturated heterocycles. The van der Waals surface area contributed by atoms with Gasteiger partial charge in [-0.3, -0.25) is 9.59 Å². The van der Waals surface area contributed by atoms with Gasteiger partial charge in [-0.05, 0) is 54.5 Å². The Morgan fingerprint density at radius 1 is 0.897 bits per heavy atom. The van der Waals surface area contributed by atoms with Crippen LogP contribution in [0.25, 0.3) is 22.1 Å². The number of alkyl halides is 2. The van der Waals surface area contributed by atoms with E-state index in [2.05, 4.69) is 16.7 Å². The molecule has 0 atom stereocenters. The molecule has 39 heavy (non-hydrogen) atoms. The Morgan fingerprint density at radius 3 is 2.15 bits per heavy atom. The van der Waals surface area contributed by atoms with Crippen LogP contribution in [0.1, 0.15) is 54.6 Å². The van der Waals surface area contributed by atoms with E-state index in [1.807, 2.05) is 42.5 Å². The zero-order valence-corrected chi connectivity index (χ0v) is 21.2. The standard InChI is InChI=1S/C29H28F2N4O4/c30-29(31)11-9-28(10-12-29,25(37)35-26(15-32)7-8-26)34-24(36)23-14-20-2-1-19(13-22(20)39-23)18-3-5-21(6-4-18)27(33)16-38-17-27/h1-6,13-14H,7-12,16-17,33H2,(H,34,36)(H,35,37). The highest BCUT2D eigenvalue weighted by Gasteiger charge is 2.53. The lowest BCUT2D eigenvalue weighted by Crippen LogP contribution is -2.62. The summed E-state index contributed by atoms with van der Waals surface area (Å²) >= 11 is 0. The van der Waals surface area contributed by atoms with E-state index in [9.17, 15) is 23.6 Å². The molecule has 10 heteroatoms. The molecule has 1 aromatic heterocycles. The molecule has 3 aromatic rings. The topological polar surface area (TPSA) is 130 Å². The molecule has 2 aromatic carbocycles. The van der Waals surface area contributed by atoms with E-state index in [4.69, 9.17) is 14.9 Å². The number of hydrogen-bond donors (Lipinski definition) is 3. The molecule has 0 spiro atoms. The number of ether oxygens (including phenoxy) is 1. The van der Waals surface area contributed by atoms with E-state index >= 15 is 0 Å². The first-order valence-corrected chi connectivity index (χ1v) is 13.0. The third-order valence-corrected chi connectivity index (χ3v) is 8.20. The maximum absolute atomic E-state index is 14.0. The number of carbonyl (C=O) groups excluding carboxylic acids is 2. The summed E-state index contributed by atoms with van der Waals surface area (Å²) in [5, 5.41) is 15.4. The van der Waals surface area contributed by atoms with E-state index in [0.717, 1.165) is 16.7 Å². The molecule has 0 unspecified atom stereocenters. The molecule has 2 saturated carbocycles. The number of rotatable bonds is 6. The van der Waals surface area contributed by atoms with Crippen LogP contribution >= 0.6 is 0 Å². The maximum atomic E-state index is 14.0. The SMILES string of the molecule is N#CC1(NC(=O)C2(NC(=O)c3cc4ccc(-c5ccc(C6(N)COC6)cc5)cc4o3)CCC(F)(F)CC2)CC1. The molecule has 202 valence electrons. The number of hydrogen-bond acceptors (Lipinski definition) is 6. The number of nitrogens with two attached hydrogens (primary N) is 1. The van der Waals surface area contributed by atoms with Crippen LogP contribution in [-0.2, 0) is 15.1 Å². The van der Waals surface area contributed by atoms with Gasteiger partial charge in [0.05, 0.1) is 24.8 Å². The largest absolute Gasteiger partial charge is 0.451 e. The number of amides is 2. The van der Waals surface area contributed by atoms with Crippen LogP contribution in [0.3, 0.4) is 0 Å². The molecule has 2 heterocycles. The van der Waals surface area contributed by atoms with Crippen molar-refractivity contribution in [3.63, 3.8) is 0 Å². The number of nitrogens with zero attached hydrogens (tertiary/aromatic N) is 1. The van der Waals surface area contributed by atoms with Crippen molar-refractivity contribution in [2.75, 3.05) is 13.2 Å². The third kappa shape index (κ3) is 4.66. The molecular formula is C29H28F2N4O4. The van der Waals surface area contributed by atoms with Crippen LogP contribution in [0, 0.1) is 11.3 Å². The Bertz CT molecular complexity index is 1490. The number of nitrogens with one attached hydrogen (secondary N) is 2. The summed E-state index contributed by atoms with van der Waals surface area (Å²) in [5.74, 6) is -4.22. The Hall–Kier alpha value is -3.81. The van der Waals surface area contributed by atoms with Crippen molar-refractivity contribution in [2.24, 2.45) is 5.73 Å². The second kappa shape index (κ2) is 8.86. The average molecular weight is 535 g/mol. The number of nitriles is 1. The van der Waals surface area contributed by atoms with Gasteiger partial charge in [-0.2, -0.15) is 5.26 Å². The fourth-order valence-electron chi connectivity index (χ4n) is 5.26. The number of halogens is 2. The van der Waals surface area contributed by atoms with E-state index in [-0.39, 0.29) is 18.6 Å². The summed E-state index contributed by atoms with van der Waals surface area (Å²) in [6.45, 7) is 0.972. The highest BCUT2D eigenvalue weighted by atomic mass is 19.3. The van der Waals surface area contributed by atoms with E-state index < -0.39 is 47.2 Å². The highest BCUT2D eigenvalue weighted by Crippen LogP contribution is 2.41. The molecule has 3 fully saturated rings. The van der Waals surface area contributed by atoms with Crippen LogP contribution < -0.4 is 16.4 Å². The first-order chi connectivity index (χ1) is 18.5. The van der Waals surface area contributed by atoms with Crippen molar-refractivity contribution in [2.45, 2.75) is 61.1 Å². The zero-order valence-electron chi connectivity index (χ0n) is 21.2. The lowest BCUT2D eigenvalue weighted by Gasteiger charge is -2.39. The van der Waals surface area contributed by atoms with Gasteiger partial charge >= 0.3 is 0 Å². The molecule has 2 aliphatic carbocycles. The lowest BCUT2D eigenvalue weighted by molar-refractivity contribution is -0.133. The highest BCUT2D eigenvalue weighted by molar-refractivity contribution is 6.00. The van der Waals surface area contributed by atoms with Gasteiger partial charge in [-0.1, -0.05) is 36.4 Å². The predicted molar refractivity (Wildman–Crippen MR) is 138 cm³/mol. The summed E-state index contributed by atoms with van der Waals surface area (Å²) in [7, 11) is 0. The minimum absolute atomic E-state index is 0.0292. The van der Waals surface area contributed by atoms with E-state index in [1.54, 1.807) is 6.07 Å². The average Bonchev–Trinajstić information content (AvgIpc) is 3.55. The van der Waals surface area contributed by atoms with Crippen molar-refractivity contribution >= 4 is 22.8 Å². The van der Waals surface area contributed by atoms with Gasteiger partial charge in [0.2, 0.25) is 11.8 Å². The second-order valence-electron chi connectivity index (χ2n) is 11.1. The van der Waals surface area contributed by atoms with Crippen molar-refractivity contribution in [3.8, 4) is 17.2 Å². The Balaban J connectivity index is 1.23. The van der Waals surface area contributed by atoms with Crippen molar-refractivity contribution in [1.29, 1.82) is 5.26 Å². The molecular weight excluding hydrogens is 506 g/mol. The normalized spacial score (nSPS) is 21.8. The molecule has 3 aliphatic rings. The van der Waals surface area contributed by atoms with Crippen molar-refractivity contribution < 1.29 is 27.5 Å². The third-order valence-electron chi connectivity index (χ3n) is 8.20. The van der Waals surface area contributed by atoms with Gasteiger partial charge < -0.3 is 25.5 Å². The lowest BCUT2D eigenvalue weighted by atomic mass is 9.78. The Kier molecular flexibility index (Phi) is 5.79. The molecule has 0 radical (unpaired) electrons. The van der Waals surface area contributed by atoms with Crippen LogP contribution in [-0.4, -0.2) is 42.0 Å². The summed E-state index contributed by atoms with van der Waals surface area (Å²) in [6, 6.07) is 17.1. The number of fused-ring (bicyclic) bond motifs is 1. The summed E-state index contributed by atoms with van der Waals surface area (Å²) in [5.41, 5.74) is 6.60. The number of benzene rings is 2. The Morgan fingerprint density at radius 2 is 1.56 bits per heavy atom. The van der Waals surface area contributed by atoms with Gasteiger partial charge in [-0.25, -0.2) is 8.78 Å². The quantitative estimate of drug-likeness (QED) is 0.436. The molecule has 1 aliphatic heterocycles. The first kappa shape index (κ1) is 25.5. The minimum Gasteiger partial charge on any atom is -0.451 e. The summed E-state index contributed by atoms with van der Waals surface area (Å²) < 4.78 is 39.1. The Labute approximate surface area is 223 Å². The van der Waals surface area contributed by atoms with Crippen LogP contribution in [0.2, 0.25) is 0 Å². The molecule has 4 N–H and O–H groups in total. The van der Waals surface area contributed by atoms with Gasteiger partial charge in [0.1, 0.15) is 16.7 Å². The van der Waals surface area contributed by atoms with Crippen LogP contribution in [0.15, 0.2) is 52.9 Å². The molecule has 0 bridgehead atoms. The van der Waals surface area contributed by atoms with Crippen molar-refractivity contribution in [1.82, 2.24) is 10.6 Å². The van der Waals surface area contributed by atoms with Gasteiger partial charge in [0.15, 0.2) is 5.76 Å². The summed E-state index contributed by atoms with van der Waals surface area (Å²) in [4.78, 5) is 26.5. The van der Waals surface area contributed by atoms with E-state index in [1.165, 1.54) is 0 Å². The van der Waals surface area contributed by atoms with Crippen molar-refractivity contribution in [3.05, 3.63) is 59.9 Å². The smallest absolute Gasteiger partial charge is 0.287 e.